The van der Waals surface area contributed by atoms with E-state index in [1.165, 1.54) is 0 Å². The van der Waals surface area contributed by atoms with Crippen molar-refractivity contribution in [1.82, 2.24) is 16.0 Å². The summed E-state index contributed by atoms with van der Waals surface area (Å²) >= 11 is 0. The molecule has 1 aromatic carbocycles. The van der Waals surface area contributed by atoms with Crippen LogP contribution >= 0.6 is 0 Å². The van der Waals surface area contributed by atoms with Gasteiger partial charge in [-0.2, -0.15) is 0 Å². The lowest BCUT2D eigenvalue weighted by molar-refractivity contribution is -0.139. The third kappa shape index (κ3) is 2.82. The molecule has 0 bridgehead atoms. The molecule has 0 unspecified atom stereocenters. The molecule has 3 amide bonds. The topological polar surface area (TPSA) is 96.5 Å². The van der Waals surface area contributed by atoms with Crippen LogP contribution in [0.5, 0.6) is 0 Å². The molecule has 3 N–H and O–H groups in total. The van der Waals surface area contributed by atoms with Crippen LogP contribution in [0.15, 0.2) is 30.3 Å². The van der Waals surface area contributed by atoms with E-state index < -0.39 is 17.7 Å². The van der Waals surface area contributed by atoms with E-state index in [0.29, 0.717) is 6.41 Å². The number of hydrogen-bond donors (Lipinski definition) is 3. The van der Waals surface area contributed by atoms with Crippen LogP contribution in [0.2, 0.25) is 0 Å². The van der Waals surface area contributed by atoms with Crippen LogP contribution in [0.4, 0.5) is 4.79 Å². The quantitative estimate of drug-likeness (QED) is 0.378. The van der Waals surface area contributed by atoms with Crippen molar-refractivity contribution in [3.05, 3.63) is 35.9 Å². The van der Waals surface area contributed by atoms with Crippen LogP contribution in [-0.4, -0.2) is 30.6 Å². The van der Waals surface area contributed by atoms with Gasteiger partial charge < -0.3 is 15.4 Å². The maximum absolute atomic E-state index is 11.6. The molecular formula is C12H13N3O4. The summed E-state index contributed by atoms with van der Waals surface area (Å²) in [5, 5.41) is 7.04. The maximum Gasteiger partial charge on any atom is 0.409 e. The molecule has 1 atom stereocenters. The highest BCUT2D eigenvalue weighted by Crippen LogP contribution is 2.09. The van der Waals surface area contributed by atoms with Gasteiger partial charge in [-0.3, -0.25) is 14.9 Å². The molecular weight excluding hydrogens is 250 g/mol. The molecule has 2 rings (SSSR count). The molecule has 7 heteroatoms. The van der Waals surface area contributed by atoms with Crippen molar-refractivity contribution in [3.8, 4) is 0 Å². The van der Waals surface area contributed by atoms with Crippen LogP contribution < -0.4 is 16.0 Å². The number of ether oxygens (including phenoxy) is 1. The molecule has 1 heterocycles. The molecule has 0 radical (unpaired) electrons. The maximum atomic E-state index is 11.6. The van der Waals surface area contributed by atoms with Gasteiger partial charge in [0.15, 0.2) is 0 Å². The van der Waals surface area contributed by atoms with Gasteiger partial charge in [-0.1, -0.05) is 30.3 Å². The Hall–Kier alpha value is -2.57. The van der Waals surface area contributed by atoms with E-state index in [-0.39, 0.29) is 13.2 Å². The van der Waals surface area contributed by atoms with E-state index in [1.807, 2.05) is 30.3 Å². The Balaban J connectivity index is 1.87. The minimum absolute atomic E-state index is 0.0888. The van der Waals surface area contributed by atoms with E-state index >= 15 is 0 Å². The summed E-state index contributed by atoms with van der Waals surface area (Å²) in [5.41, 5.74) is -0.566. The molecule has 0 aromatic heterocycles. The first-order chi connectivity index (χ1) is 9.16. The standard InChI is InChI=1S/C12H13N3O4/c16-8-14-12(7-13-10(12)17)15-11(18)19-6-9-4-2-1-3-5-9/h1-5,8H,6-7H2,(H,13,17)(H,14,16)(H,15,18)/t12-/m0/s1. The predicted octanol–water partition coefficient (Wildman–Crippen LogP) is -0.515. The summed E-state index contributed by atoms with van der Waals surface area (Å²) in [6, 6.07) is 9.12. The zero-order valence-electron chi connectivity index (χ0n) is 10.0. The number of carbonyl (C=O) groups excluding carboxylic acids is 3. The summed E-state index contributed by atoms with van der Waals surface area (Å²) < 4.78 is 4.97. The number of β-lactam (4-membered cyclic amide) rings is 1. The highest BCUT2D eigenvalue weighted by molar-refractivity contribution is 5.96. The SMILES string of the molecule is O=CN[C@]1(NC(=O)OCc2ccccc2)CNC1=O. The summed E-state index contributed by atoms with van der Waals surface area (Å²) in [6.45, 7) is 0.219. The van der Waals surface area contributed by atoms with Crippen LogP contribution in [0.25, 0.3) is 0 Å². The highest BCUT2D eigenvalue weighted by atomic mass is 16.5. The van der Waals surface area contributed by atoms with Crippen LogP contribution in [-0.2, 0) is 20.9 Å². The van der Waals surface area contributed by atoms with E-state index in [9.17, 15) is 14.4 Å². The monoisotopic (exact) mass is 263 g/mol. The first kappa shape index (κ1) is 12.9. The van der Waals surface area contributed by atoms with Crippen LogP contribution in [0.1, 0.15) is 5.56 Å². The summed E-state index contributed by atoms with van der Waals surface area (Å²) in [7, 11) is 0. The number of alkyl carbamates (subject to hydrolysis) is 1. The molecule has 0 aliphatic carbocycles. The molecule has 1 aliphatic rings. The van der Waals surface area contributed by atoms with Gasteiger partial charge in [-0.25, -0.2) is 4.79 Å². The smallest absolute Gasteiger partial charge is 0.409 e. The Labute approximate surface area is 109 Å². The lowest BCUT2D eigenvalue weighted by Crippen LogP contribution is -2.79. The fourth-order valence-electron chi connectivity index (χ4n) is 1.62. The Bertz CT molecular complexity index is 491. The number of carbonyl (C=O) groups is 3. The second kappa shape index (κ2) is 5.38. The zero-order valence-corrected chi connectivity index (χ0v) is 10.0. The zero-order chi connectivity index (χ0) is 13.7. The van der Waals surface area contributed by atoms with Gasteiger partial charge in [-0.15, -0.1) is 0 Å². The van der Waals surface area contributed by atoms with Crippen molar-refractivity contribution >= 4 is 18.4 Å². The molecule has 0 spiro atoms. The van der Waals surface area contributed by atoms with Crippen molar-refractivity contribution in [2.45, 2.75) is 12.3 Å². The molecule has 1 aliphatic heterocycles. The Morgan fingerprint density at radius 3 is 2.68 bits per heavy atom. The highest BCUT2D eigenvalue weighted by Gasteiger charge is 2.48. The Kier molecular flexibility index (Phi) is 3.65. The van der Waals surface area contributed by atoms with Gasteiger partial charge in [0.2, 0.25) is 12.1 Å². The minimum atomic E-state index is -1.39. The molecule has 7 nitrogen and oxygen atoms in total. The van der Waals surface area contributed by atoms with Gasteiger partial charge in [0.05, 0.1) is 6.54 Å². The fraction of sp³-hybridized carbons (Fsp3) is 0.250. The average Bonchev–Trinajstić information content (AvgIpc) is 2.44. The first-order valence-corrected chi connectivity index (χ1v) is 5.65. The fourth-order valence-corrected chi connectivity index (χ4v) is 1.62. The lowest BCUT2D eigenvalue weighted by atomic mass is 10.0. The summed E-state index contributed by atoms with van der Waals surface area (Å²) in [6.07, 6.45) is -0.413. The lowest BCUT2D eigenvalue weighted by Gasteiger charge is -2.39. The third-order valence-corrected chi connectivity index (χ3v) is 2.74. The summed E-state index contributed by atoms with van der Waals surface area (Å²) in [5.74, 6) is -0.476. The van der Waals surface area contributed by atoms with Crippen molar-refractivity contribution in [2.75, 3.05) is 6.54 Å². The summed E-state index contributed by atoms with van der Waals surface area (Å²) in [4.78, 5) is 33.4. The van der Waals surface area contributed by atoms with Gasteiger partial charge in [-0.05, 0) is 5.56 Å². The molecule has 19 heavy (non-hydrogen) atoms. The Morgan fingerprint density at radius 2 is 2.16 bits per heavy atom. The van der Waals surface area contributed by atoms with Crippen molar-refractivity contribution in [3.63, 3.8) is 0 Å². The van der Waals surface area contributed by atoms with E-state index in [1.54, 1.807) is 0 Å². The van der Waals surface area contributed by atoms with Crippen molar-refractivity contribution in [1.29, 1.82) is 0 Å². The van der Waals surface area contributed by atoms with Gasteiger partial charge in [0.25, 0.3) is 5.91 Å². The second-order valence-electron chi connectivity index (χ2n) is 4.04. The van der Waals surface area contributed by atoms with Gasteiger partial charge in [0.1, 0.15) is 6.61 Å². The van der Waals surface area contributed by atoms with Crippen LogP contribution in [0, 0.1) is 0 Å². The Morgan fingerprint density at radius 1 is 1.42 bits per heavy atom. The molecule has 100 valence electrons. The van der Waals surface area contributed by atoms with E-state index in [2.05, 4.69) is 16.0 Å². The third-order valence-electron chi connectivity index (χ3n) is 2.74. The van der Waals surface area contributed by atoms with Gasteiger partial charge >= 0.3 is 6.09 Å². The number of hydrogen-bond acceptors (Lipinski definition) is 4. The number of nitrogens with one attached hydrogen (secondary N) is 3. The second-order valence-corrected chi connectivity index (χ2v) is 4.04. The molecule has 0 saturated carbocycles. The molecule has 1 fully saturated rings. The number of amides is 3. The minimum Gasteiger partial charge on any atom is -0.445 e. The van der Waals surface area contributed by atoms with Gasteiger partial charge in [0, 0.05) is 0 Å². The van der Waals surface area contributed by atoms with Crippen molar-refractivity contribution in [2.24, 2.45) is 0 Å². The number of benzene rings is 1. The van der Waals surface area contributed by atoms with Crippen LogP contribution in [0.3, 0.4) is 0 Å². The largest absolute Gasteiger partial charge is 0.445 e. The van der Waals surface area contributed by atoms with E-state index in [4.69, 9.17) is 4.74 Å². The first-order valence-electron chi connectivity index (χ1n) is 5.65. The number of rotatable bonds is 5. The molecule has 1 saturated heterocycles. The predicted molar refractivity (Wildman–Crippen MR) is 64.7 cm³/mol. The molecule has 1 aromatic rings. The normalized spacial score (nSPS) is 20.7. The van der Waals surface area contributed by atoms with E-state index in [0.717, 1.165) is 5.56 Å². The average molecular weight is 263 g/mol. The van der Waals surface area contributed by atoms with Crippen molar-refractivity contribution < 1.29 is 19.1 Å².